The standard InChI is InChI=1S/C16H23N/c1-4-5-6-7-9-13(2)16-11-8-10-15(12-17)14(16)3/h8,10-11,13H,4-7,9H2,1-3H3. The normalized spacial score (nSPS) is 12.1. The van der Waals surface area contributed by atoms with Crippen LogP contribution in [0.1, 0.15) is 68.6 Å². The molecule has 1 nitrogen and oxygen atoms in total. The largest absolute Gasteiger partial charge is 0.192 e. The summed E-state index contributed by atoms with van der Waals surface area (Å²) in [6.07, 6.45) is 6.49. The molecule has 1 aromatic rings. The van der Waals surface area contributed by atoms with Crippen molar-refractivity contribution < 1.29 is 0 Å². The molecule has 1 heteroatoms. The molecule has 0 heterocycles. The zero-order valence-corrected chi connectivity index (χ0v) is 11.3. The Balaban J connectivity index is 2.63. The van der Waals surface area contributed by atoms with Crippen molar-refractivity contribution in [1.29, 1.82) is 5.26 Å². The van der Waals surface area contributed by atoms with Gasteiger partial charge in [0.25, 0.3) is 0 Å². The lowest BCUT2D eigenvalue weighted by atomic mass is 9.90. The fourth-order valence-electron chi connectivity index (χ4n) is 2.34. The molecule has 0 N–H and O–H groups in total. The van der Waals surface area contributed by atoms with Crippen molar-refractivity contribution in [2.75, 3.05) is 0 Å². The molecule has 0 bridgehead atoms. The van der Waals surface area contributed by atoms with Crippen LogP contribution in [0.4, 0.5) is 0 Å². The number of rotatable bonds is 6. The molecule has 0 radical (unpaired) electrons. The van der Waals surface area contributed by atoms with E-state index in [1.165, 1.54) is 37.7 Å². The average Bonchev–Trinajstić information content (AvgIpc) is 2.34. The molecule has 1 unspecified atom stereocenters. The summed E-state index contributed by atoms with van der Waals surface area (Å²) in [5, 5.41) is 9.02. The Morgan fingerprint density at radius 1 is 1.24 bits per heavy atom. The maximum absolute atomic E-state index is 9.02. The minimum Gasteiger partial charge on any atom is -0.192 e. The number of hydrogen-bond acceptors (Lipinski definition) is 1. The van der Waals surface area contributed by atoms with Crippen molar-refractivity contribution in [3.05, 3.63) is 34.9 Å². The SMILES string of the molecule is CCCCCCC(C)c1cccc(C#N)c1C. The fourth-order valence-corrected chi connectivity index (χ4v) is 2.34. The van der Waals surface area contributed by atoms with Crippen LogP contribution in [0.3, 0.4) is 0 Å². The highest BCUT2D eigenvalue weighted by Crippen LogP contribution is 2.26. The van der Waals surface area contributed by atoms with Gasteiger partial charge in [-0.3, -0.25) is 0 Å². The van der Waals surface area contributed by atoms with Gasteiger partial charge in [0.2, 0.25) is 0 Å². The second-order valence-electron chi connectivity index (χ2n) is 4.88. The van der Waals surface area contributed by atoms with Crippen molar-refractivity contribution in [2.24, 2.45) is 0 Å². The van der Waals surface area contributed by atoms with Gasteiger partial charge in [0, 0.05) is 0 Å². The quantitative estimate of drug-likeness (QED) is 0.634. The van der Waals surface area contributed by atoms with E-state index in [0.29, 0.717) is 5.92 Å². The lowest BCUT2D eigenvalue weighted by Gasteiger charge is -2.15. The van der Waals surface area contributed by atoms with Crippen molar-refractivity contribution >= 4 is 0 Å². The highest BCUT2D eigenvalue weighted by Gasteiger charge is 2.10. The molecule has 0 aromatic heterocycles. The molecule has 0 amide bonds. The van der Waals surface area contributed by atoms with E-state index in [0.717, 1.165) is 11.1 Å². The molecule has 0 aliphatic carbocycles. The summed E-state index contributed by atoms with van der Waals surface area (Å²) >= 11 is 0. The van der Waals surface area contributed by atoms with Crippen LogP contribution in [-0.2, 0) is 0 Å². The van der Waals surface area contributed by atoms with E-state index in [1.54, 1.807) is 0 Å². The molecule has 0 saturated carbocycles. The summed E-state index contributed by atoms with van der Waals surface area (Å²) in [5.74, 6) is 0.570. The first-order valence-corrected chi connectivity index (χ1v) is 6.70. The Hall–Kier alpha value is -1.29. The maximum atomic E-state index is 9.02. The van der Waals surface area contributed by atoms with E-state index in [-0.39, 0.29) is 0 Å². The van der Waals surface area contributed by atoms with Gasteiger partial charge in [0.1, 0.15) is 0 Å². The van der Waals surface area contributed by atoms with Gasteiger partial charge in [0.05, 0.1) is 11.6 Å². The molecule has 1 atom stereocenters. The van der Waals surface area contributed by atoms with Crippen LogP contribution >= 0.6 is 0 Å². The first kappa shape index (κ1) is 13.8. The summed E-state index contributed by atoms with van der Waals surface area (Å²) < 4.78 is 0. The van der Waals surface area contributed by atoms with Gasteiger partial charge in [-0.1, -0.05) is 51.7 Å². The molecule has 17 heavy (non-hydrogen) atoms. The molecule has 0 aliphatic rings. The third-order valence-corrected chi connectivity index (χ3v) is 3.52. The highest BCUT2D eigenvalue weighted by atomic mass is 14.2. The lowest BCUT2D eigenvalue weighted by molar-refractivity contribution is 0.578. The summed E-state index contributed by atoms with van der Waals surface area (Å²) in [6, 6.07) is 8.34. The van der Waals surface area contributed by atoms with Crippen LogP contribution < -0.4 is 0 Å². The van der Waals surface area contributed by atoms with Gasteiger partial charge in [0.15, 0.2) is 0 Å². The Morgan fingerprint density at radius 2 is 2.00 bits per heavy atom. The lowest BCUT2D eigenvalue weighted by Crippen LogP contribution is -1.98. The molecule has 0 aliphatic heterocycles. The van der Waals surface area contributed by atoms with Gasteiger partial charge in [-0.2, -0.15) is 5.26 Å². The van der Waals surface area contributed by atoms with Crippen molar-refractivity contribution in [1.82, 2.24) is 0 Å². The molecule has 1 rings (SSSR count). The summed E-state index contributed by atoms with van der Waals surface area (Å²) in [7, 11) is 0. The maximum Gasteiger partial charge on any atom is 0.0994 e. The third kappa shape index (κ3) is 3.89. The Bertz CT molecular complexity index is 387. The van der Waals surface area contributed by atoms with Crippen molar-refractivity contribution in [2.45, 2.75) is 58.8 Å². The minimum atomic E-state index is 0.570. The number of unbranched alkanes of at least 4 members (excludes halogenated alkanes) is 3. The smallest absolute Gasteiger partial charge is 0.0994 e. The van der Waals surface area contributed by atoms with Gasteiger partial charge in [-0.05, 0) is 36.5 Å². The summed E-state index contributed by atoms with van der Waals surface area (Å²) in [5.41, 5.74) is 3.33. The van der Waals surface area contributed by atoms with Crippen molar-refractivity contribution in [3.63, 3.8) is 0 Å². The van der Waals surface area contributed by atoms with E-state index in [1.807, 2.05) is 12.1 Å². The zero-order chi connectivity index (χ0) is 12.7. The minimum absolute atomic E-state index is 0.570. The van der Waals surface area contributed by atoms with E-state index in [4.69, 9.17) is 5.26 Å². The average molecular weight is 229 g/mol. The second-order valence-corrected chi connectivity index (χ2v) is 4.88. The van der Waals surface area contributed by atoms with Crippen LogP contribution in [0.15, 0.2) is 18.2 Å². The molecule has 0 saturated heterocycles. The second kappa shape index (κ2) is 7.12. The van der Waals surface area contributed by atoms with E-state index in [2.05, 4.69) is 32.9 Å². The molecule has 92 valence electrons. The Morgan fingerprint density at radius 3 is 2.65 bits per heavy atom. The van der Waals surface area contributed by atoms with Gasteiger partial charge in [-0.25, -0.2) is 0 Å². The van der Waals surface area contributed by atoms with Crippen LogP contribution in [-0.4, -0.2) is 0 Å². The first-order chi connectivity index (χ1) is 8.20. The van der Waals surface area contributed by atoms with Crippen molar-refractivity contribution in [3.8, 4) is 6.07 Å². The number of nitrogens with zero attached hydrogens (tertiary/aromatic N) is 1. The molecule has 0 fully saturated rings. The number of benzene rings is 1. The zero-order valence-electron chi connectivity index (χ0n) is 11.3. The van der Waals surface area contributed by atoms with E-state index in [9.17, 15) is 0 Å². The van der Waals surface area contributed by atoms with E-state index >= 15 is 0 Å². The topological polar surface area (TPSA) is 23.8 Å². The Labute approximate surface area is 105 Å². The Kier molecular flexibility index (Phi) is 5.77. The fraction of sp³-hybridized carbons (Fsp3) is 0.562. The van der Waals surface area contributed by atoms with Gasteiger partial charge < -0.3 is 0 Å². The van der Waals surface area contributed by atoms with Crippen LogP contribution in [0.2, 0.25) is 0 Å². The first-order valence-electron chi connectivity index (χ1n) is 6.70. The molecular formula is C16H23N. The van der Waals surface area contributed by atoms with Gasteiger partial charge in [-0.15, -0.1) is 0 Å². The summed E-state index contributed by atoms with van der Waals surface area (Å²) in [4.78, 5) is 0. The van der Waals surface area contributed by atoms with Crippen LogP contribution in [0.5, 0.6) is 0 Å². The number of hydrogen-bond donors (Lipinski definition) is 0. The van der Waals surface area contributed by atoms with Crippen LogP contribution in [0, 0.1) is 18.3 Å². The molecular weight excluding hydrogens is 206 g/mol. The predicted octanol–water partition coefficient (Wildman–Crippen LogP) is 4.94. The van der Waals surface area contributed by atoms with Gasteiger partial charge >= 0.3 is 0 Å². The van der Waals surface area contributed by atoms with E-state index < -0.39 is 0 Å². The predicted molar refractivity (Wildman–Crippen MR) is 73.1 cm³/mol. The number of nitriles is 1. The molecule has 0 spiro atoms. The highest BCUT2D eigenvalue weighted by molar-refractivity contribution is 5.43. The third-order valence-electron chi connectivity index (χ3n) is 3.52. The summed E-state index contributed by atoms with van der Waals surface area (Å²) in [6.45, 7) is 6.58. The molecule has 1 aromatic carbocycles. The monoisotopic (exact) mass is 229 g/mol. The van der Waals surface area contributed by atoms with Crippen LogP contribution in [0.25, 0.3) is 0 Å².